The predicted octanol–water partition coefficient (Wildman–Crippen LogP) is 1.22. The van der Waals surface area contributed by atoms with Crippen LogP contribution in [0.1, 0.15) is 0 Å². The Labute approximate surface area is 80.5 Å². The second-order valence-electron chi connectivity index (χ2n) is 2.38. The molecule has 0 aliphatic carbocycles. The van der Waals surface area contributed by atoms with E-state index in [-0.39, 0.29) is 0 Å². The molecule has 64 valence electrons. The van der Waals surface area contributed by atoms with Crippen LogP contribution in [0.25, 0.3) is 11.4 Å². The van der Waals surface area contributed by atoms with Gasteiger partial charge in [0.25, 0.3) is 0 Å². The standard InChI is InChI=1S/C8H6N4S/c13-7-2-1-4-9-8(7)6-3-5-10-12-11-6/h1-5,13H. The molecule has 13 heavy (non-hydrogen) atoms. The average Bonchev–Trinajstić information content (AvgIpc) is 2.20. The number of pyridine rings is 1. The quantitative estimate of drug-likeness (QED) is 0.687. The Kier molecular flexibility index (Phi) is 2.18. The Morgan fingerprint density at radius 3 is 2.77 bits per heavy atom. The summed E-state index contributed by atoms with van der Waals surface area (Å²) in [7, 11) is 0. The van der Waals surface area contributed by atoms with Gasteiger partial charge in [-0.1, -0.05) is 0 Å². The molecule has 0 aliphatic heterocycles. The molecule has 2 aromatic heterocycles. The molecule has 0 bridgehead atoms. The molecule has 0 atom stereocenters. The molecule has 0 saturated heterocycles. The Hall–Kier alpha value is -1.49. The lowest BCUT2D eigenvalue weighted by molar-refractivity contribution is 0.865. The Morgan fingerprint density at radius 1 is 1.15 bits per heavy atom. The van der Waals surface area contributed by atoms with E-state index in [0.29, 0.717) is 5.69 Å². The second-order valence-corrected chi connectivity index (χ2v) is 2.86. The summed E-state index contributed by atoms with van der Waals surface area (Å²) in [6.45, 7) is 0. The van der Waals surface area contributed by atoms with Crippen LogP contribution in [0.2, 0.25) is 0 Å². The zero-order valence-electron chi connectivity index (χ0n) is 6.62. The van der Waals surface area contributed by atoms with Crippen LogP contribution in [-0.4, -0.2) is 20.4 Å². The fraction of sp³-hybridized carbons (Fsp3) is 0. The second kappa shape index (κ2) is 3.49. The van der Waals surface area contributed by atoms with Gasteiger partial charge in [-0.15, -0.1) is 22.8 Å². The molecule has 0 saturated carbocycles. The van der Waals surface area contributed by atoms with E-state index in [1.54, 1.807) is 18.5 Å². The largest absolute Gasteiger partial charge is 0.253 e. The first-order valence-corrected chi connectivity index (χ1v) is 4.11. The van der Waals surface area contributed by atoms with E-state index in [9.17, 15) is 0 Å². The fourth-order valence-corrected chi connectivity index (χ4v) is 1.22. The third-order valence-corrected chi connectivity index (χ3v) is 1.89. The van der Waals surface area contributed by atoms with Gasteiger partial charge in [0.2, 0.25) is 0 Å². The molecule has 0 fully saturated rings. The summed E-state index contributed by atoms with van der Waals surface area (Å²) < 4.78 is 0. The molecule has 0 spiro atoms. The molecule has 0 N–H and O–H groups in total. The van der Waals surface area contributed by atoms with Crippen molar-refractivity contribution >= 4 is 12.6 Å². The van der Waals surface area contributed by atoms with Crippen molar-refractivity contribution in [3.05, 3.63) is 30.6 Å². The number of hydrogen-bond acceptors (Lipinski definition) is 5. The molecule has 2 aromatic rings. The topological polar surface area (TPSA) is 51.6 Å². The molecule has 2 heterocycles. The highest BCUT2D eigenvalue weighted by Crippen LogP contribution is 2.19. The molecule has 0 amide bonds. The highest BCUT2D eigenvalue weighted by atomic mass is 32.1. The first kappa shape index (κ1) is 8.12. The Bertz CT molecular complexity index is 404. The SMILES string of the molecule is Sc1cccnc1-c1ccnnn1. The summed E-state index contributed by atoms with van der Waals surface area (Å²) >= 11 is 4.26. The molecular weight excluding hydrogens is 184 g/mol. The van der Waals surface area contributed by atoms with Crippen LogP contribution >= 0.6 is 12.6 Å². The highest BCUT2D eigenvalue weighted by Gasteiger charge is 2.03. The molecular formula is C8H6N4S. The van der Waals surface area contributed by atoms with Gasteiger partial charge in [-0.2, -0.15) is 0 Å². The fourth-order valence-electron chi connectivity index (χ4n) is 0.962. The summed E-state index contributed by atoms with van der Waals surface area (Å²) in [5, 5.41) is 11.0. The third-order valence-electron chi connectivity index (χ3n) is 1.53. The molecule has 0 aromatic carbocycles. The highest BCUT2D eigenvalue weighted by molar-refractivity contribution is 7.80. The van der Waals surface area contributed by atoms with E-state index in [0.717, 1.165) is 10.6 Å². The lowest BCUT2D eigenvalue weighted by atomic mass is 10.3. The van der Waals surface area contributed by atoms with Crippen molar-refractivity contribution in [2.75, 3.05) is 0 Å². The molecule has 0 radical (unpaired) electrons. The average molecular weight is 190 g/mol. The number of rotatable bonds is 1. The van der Waals surface area contributed by atoms with Crippen LogP contribution in [0.5, 0.6) is 0 Å². The van der Waals surface area contributed by atoms with E-state index in [1.165, 1.54) is 0 Å². The van der Waals surface area contributed by atoms with Crippen molar-refractivity contribution < 1.29 is 0 Å². The summed E-state index contributed by atoms with van der Waals surface area (Å²) in [6, 6.07) is 5.42. The van der Waals surface area contributed by atoms with E-state index in [4.69, 9.17) is 0 Å². The minimum absolute atomic E-state index is 0.681. The first-order chi connectivity index (χ1) is 6.38. The van der Waals surface area contributed by atoms with Gasteiger partial charge in [0.05, 0.1) is 6.20 Å². The minimum atomic E-state index is 0.681. The van der Waals surface area contributed by atoms with Crippen molar-refractivity contribution in [3.63, 3.8) is 0 Å². The monoisotopic (exact) mass is 190 g/mol. The van der Waals surface area contributed by atoms with Crippen molar-refractivity contribution in [3.8, 4) is 11.4 Å². The summed E-state index contributed by atoms with van der Waals surface area (Å²) in [4.78, 5) is 4.92. The minimum Gasteiger partial charge on any atom is -0.253 e. The van der Waals surface area contributed by atoms with Gasteiger partial charge in [0.1, 0.15) is 11.4 Å². The molecule has 0 unspecified atom stereocenters. The Morgan fingerprint density at radius 2 is 2.08 bits per heavy atom. The van der Waals surface area contributed by atoms with Crippen LogP contribution in [0.15, 0.2) is 35.5 Å². The normalized spacial score (nSPS) is 9.92. The first-order valence-electron chi connectivity index (χ1n) is 3.66. The summed E-state index contributed by atoms with van der Waals surface area (Å²) in [5.74, 6) is 0. The number of hydrogen-bond donors (Lipinski definition) is 1. The zero-order valence-corrected chi connectivity index (χ0v) is 7.52. The van der Waals surface area contributed by atoms with Gasteiger partial charge < -0.3 is 0 Å². The van der Waals surface area contributed by atoms with Crippen molar-refractivity contribution in [2.24, 2.45) is 0 Å². The van der Waals surface area contributed by atoms with E-state index in [1.807, 2.05) is 12.1 Å². The molecule has 0 aliphatic rings. The van der Waals surface area contributed by atoms with Gasteiger partial charge in [0.15, 0.2) is 0 Å². The smallest absolute Gasteiger partial charge is 0.116 e. The number of nitrogens with zero attached hydrogens (tertiary/aromatic N) is 4. The maximum atomic E-state index is 4.26. The summed E-state index contributed by atoms with van der Waals surface area (Å²) in [6.07, 6.45) is 3.27. The zero-order chi connectivity index (χ0) is 9.10. The van der Waals surface area contributed by atoms with Gasteiger partial charge >= 0.3 is 0 Å². The van der Waals surface area contributed by atoms with Gasteiger partial charge in [-0.05, 0) is 23.4 Å². The lowest BCUT2D eigenvalue weighted by Crippen LogP contribution is -1.92. The maximum Gasteiger partial charge on any atom is 0.116 e. The van der Waals surface area contributed by atoms with Crippen LogP contribution in [-0.2, 0) is 0 Å². The predicted molar refractivity (Wildman–Crippen MR) is 50.3 cm³/mol. The van der Waals surface area contributed by atoms with E-state index in [2.05, 4.69) is 33.0 Å². The third kappa shape index (κ3) is 1.65. The van der Waals surface area contributed by atoms with Crippen LogP contribution in [0.4, 0.5) is 0 Å². The number of thiol groups is 1. The van der Waals surface area contributed by atoms with Crippen molar-refractivity contribution in [1.29, 1.82) is 0 Å². The maximum absolute atomic E-state index is 4.26. The Balaban J connectivity index is 2.54. The van der Waals surface area contributed by atoms with Gasteiger partial charge in [0, 0.05) is 11.1 Å². The van der Waals surface area contributed by atoms with Crippen LogP contribution < -0.4 is 0 Å². The van der Waals surface area contributed by atoms with Gasteiger partial charge in [-0.25, -0.2) is 0 Å². The number of aromatic nitrogens is 4. The van der Waals surface area contributed by atoms with E-state index < -0.39 is 0 Å². The summed E-state index contributed by atoms with van der Waals surface area (Å²) in [5.41, 5.74) is 1.40. The van der Waals surface area contributed by atoms with Crippen molar-refractivity contribution in [2.45, 2.75) is 4.90 Å². The molecule has 4 nitrogen and oxygen atoms in total. The van der Waals surface area contributed by atoms with Crippen LogP contribution in [0, 0.1) is 0 Å². The van der Waals surface area contributed by atoms with Crippen molar-refractivity contribution in [1.82, 2.24) is 20.4 Å². The van der Waals surface area contributed by atoms with E-state index >= 15 is 0 Å². The molecule has 2 rings (SSSR count). The van der Waals surface area contributed by atoms with Crippen LogP contribution in [0.3, 0.4) is 0 Å². The molecule has 5 heteroatoms. The lowest BCUT2D eigenvalue weighted by Gasteiger charge is -1.99. The van der Waals surface area contributed by atoms with Gasteiger partial charge in [-0.3, -0.25) is 4.98 Å².